The number of hydrogen-bond acceptors (Lipinski definition) is 4. The van der Waals surface area contributed by atoms with Gasteiger partial charge in [-0.1, -0.05) is 0 Å². The molecular weight excluding hydrogens is 236 g/mol. The van der Waals surface area contributed by atoms with E-state index in [0.717, 1.165) is 31.6 Å². The van der Waals surface area contributed by atoms with Crippen LogP contribution in [0.1, 0.15) is 19.3 Å². The highest BCUT2D eigenvalue weighted by molar-refractivity contribution is 7.08. The molecule has 0 spiro atoms. The predicted molar refractivity (Wildman–Crippen MR) is 69.4 cm³/mol. The van der Waals surface area contributed by atoms with Crippen molar-refractivity contribution < 1.29 is 9.53 Å². The zero-order chi connectivity index (χ0) is 11.9. The first-order valence-electron chi connectivity index (χ1n) is 5.99. The third-order valence-corrected chi connectivity index (χ3v) is 3.46. The summed E-state index contributed by atoms with van der Waals surface area (Å²) in [5.74, 6) is 0.0253. The number of piperidine rings is 1. The van der Waals surface area contributed by atoms with Crippen molar-refractivity contribution in [2.75, 3.05) is 25.0 Å². The van der Waals surface area contributed by atoms with Gasteiger partial charge in [-0.2, -0.15) is 11.3 Å². The Morgan fingerprint density at radius 2 is 2.35 bits per heavy atom. The summed E-state index contributed by atoms with van der Waals surface area (Å²) in [7, 11) is 0. The zero-order valence-electron chi connectivity index (χ0n) is 9.78. The van der Waals surface area contributed by atoms with Crippen LogP contribution in [0.15, 0.2) is 16.8 Å². The van der Waals surface area contributed by atoms with Gasteiger partial charge in [-0.05, 0) is 37.4 Å². The van der Waals surface area contributed by atoms with Crippen molar-refractivity contribution >= 4 is 22.9 Å². The molecule has 1 aromatic rings. The van der Waals surface area contributed by atoms with E-state index < -0.39 is 0 Å². The summed E-state index contributed by atoms with van der Waals surface area (Å²) in [6.45, 7) is 2.55. The molecule has 0 saturated carbocycles. The van der Waals surface area contributed by atoms with E-state index in [9.17, 15) is 4.79 Å². The summed E-state index contributed by atoms with van der Waals surface area (Å²) in [6.07, 6.45) is 2.85. The van der Waals surface area contributed by atoms with Crippen molar-refractivity contribution in [3.05, 3.63) is 16.8 Å². The number of rotatable bonds is 5. The van der Waals surface area contributed by atoms with Gasteiger partial charge in [-0.15, -0.1) is 0 Å². The van der Waals surface area contributed by atoms with Gasteiger partial charge in [0.2, 0.25) is 5.91 Å². The maximum absolute atomic E-state index is 11.6. The van der Waals surface area contributed by atoms with Gasteiger partial charge in [-0.25, -0.2) is 0 Å². The Kier molecular flexibility index (Phi) is 4.97. The third kappa shape index (κ3) is 4.46. The van der Waals surface area contributed by atoms with Crippen LogP contribution >= 0.6 is 11.3 Å². The highest BCUT2D eigenvalue weighted by Crippen LogP contribution is 2.12. The molecule has 1 aliphatic heterocycles. The highest BCUT2D eigenvalue weighted by atomic mass is 32.1. The molecule has 0 bridgehead atoms. The molecule has 2 rings (SSSR count). The van der Waals surface area contributed by atoms with Crippen LogP contribution < -0.4 is 10.6 Å². The number of hydrogen-bond donors (Lipinski definition) is 2. The van der Waals surface area contributed by atoms with Crippen LogP contribution in [0.3, 0.4) is 0 Å². The quantitative estimate of drug-likeness (QED) is 0.843. The molecule has 0 aromatic carbocycles. The van der Waals surface area contributed by atoms with Gasteiger partial charge >= 0.3 is 0 Å². The van der Waals surface area contributed by atoms with Crippen LogP contribution in [0.2, 0.25) is 0 Å². The minimum atomic E-state index is 0.0253. The van der Waals surface area contributed by atoms with E-state index in [-0.39, 0.29) is 5.91 Å². The van der Waals surface area contributed by atoms with E-state index in [4.69, 9.17) is 4.74 Å². The van der Waals surface area contributed by atoms with Crippen molar-refractivity contribution in [2.45, 2.75) is 25.4 Å². The fourth-order valence-electron chi connectivity index (χ4n) is 1.84. The molecule has 0 atom stereocenters. The van der Waals surface area contributed by atoms with Crippen molar-refractivity contribution in [1.29, 1.82) is 0 Å². The molecule has 1 fully saturated rings. The van der Waals surface area contributed by atoms with Crippen molar-refractivity contribution in [3.63, 3.8) is 0 Å². The summed E-state index contributed by atoms with van der Waals surface area (Å²) in [5.41, 5.74) is 0.877. The molecule has 0 radical (unpaired) electrons. The maximum atomic E-state index is 11.6. The fourth-order valence-corrected chi connectivity index (χ4v) is 2.43. The first-order valence-corrected chi connectivity index (χ1v) is 6.93. The number of carbonyl (C=O) groups excluding carboxylic acids is 1. The van der Waals surface area contributed by atoms with Crippen LogP contribution in [-0.4, -0.2) is 31.7 Å². The van der Waals surface area contributed by atoms with Gasteiger partial charge in [0, 0.05) is 5.38 Å². The average molecular weight is 254 g/mol. The van der Waals surface area contributed by atoms with E-state index >= 15 is 0 Å². The summed E-state index contributed by atoms with van der Waals surface area (Å²) in [5, 5.41) is 9.99. The zero-order valence-corrected chi connectivity index (χ0v) is 10.6. The molecule has 1 saturated heterocycles. The number of thiophene rings is 1. The van der Waals surface area contributed by atoms with Crippen molar-refractivity contribution in [2.24, 2.45) is 0 Å². The Morgan fingerprint density at radius 1 is 1.53 bits per heavy atom. The van der Waals surface area contributed by atoms with Gasteiger partial charge in [0.05, 0.1) is 24.8 Å². The minimum absolute atomic E-state index is 0.0253. The van der Waals surface area contributed by atoms with Gasteiger partial charge in [0.1, 0.15) is 0 Å². The van der Waals surface area contributed by atoms with Gasteiger partial charge in [0.15, 0.2) is 0 Å². The van der Waals surface area contributed by atoms with E-state index in [1.165, 1.54) is 0 Å². The Bertz CT molecular complexity index is 334. The molecule has 4 nitrogen and oxygen atoms in total. The predicted octanol–water partition coefficient (Wildman–Crippen LogP) is 1.85. The second kappa shape index (κ2) is 6.74. The molecule has 1 amide bonds. The Labute approximate surface area is 105 Å². The van der Waals surface area contributed by atoms with Crippen molar-refractivity contribution in [1.82, 2.24) is 5.32 Å². The van der Waals surface area contributed by atoms with E-state index in [2.05, 4.69) is 10.6 Å². The minimum Gasteiger partial charge on any atom is -0.378 e. The van der Waals surface area contributed by atoms with E-state index in [0.29, 0.717) is 19.1 Å². The van der Waals surface area contributed by atoms with Gasteiger partial charge in [0.25, 0.3) is 0 Å². The molecule has 0 aliphatic carbocycles. The lowest BCUT2D eigenvalue weighted by molar-refractivity contribution is -0.117. The first kappa shape index (κ1) is 12.5. The topological polar surface area (TPSA) is 50.4 Å². The largest absolute Gasteiger partial charge is 0.378 e. The summed E-state index contributed by atoms with van der Waals surface area (Å²) < 4.78 is 5.67. The van der Waals surface area contributed by atoms with E-state index in [1.54, 1.807) is 11.3 Å². The molecule has 0 unspecified atom stereocenters. The number of carbonyl (C=O) groups is 1. The molecular formula is C12H18N2O2S. The number of nitrogens with one attached hydrogen (secondary N) is 2. The standard InChI is InChI=1S/C12H18N2O2S/c15-12(14-10-4-8-17-9-10)3-7-16-11-1-5-13-6-2-11/h4,8-9,11,13H,1-3,5-7H2,(H,14,15). The molecule has 94 valence electrons. The van der Waals surface area contributed by atoms with Gasteiger partial charge in [-0.3, -0.25) is 4.79 Å². The fraction of sp³-hybridized carbons (Fsp3) is 0.583. The van der Waals surface area contributed by atoms with Crippen LogP contribution in [0, 0.1) is 0 Å². The third-order valence-electron chi connectivity index (χ3n) is 2.77. The molecule has 1 aromatic heterocycles. The second-order valence-corrected chi connectivity index (χ2v) is 4.91. The summed E-state index contributed by atoms with van der Waals surface area (Å²) >= 11 is 1.58. The average Bonchev–Trinajstić information content (AvgIpc) is 2.83. The molecule has 17 heavy (non-hydrogen) atoms. The van der Waals surface area contributed by atoms with Gasteiger partial charge < -0.3 is 15.4 Å². The van der Waals surface area contributed by atoms with Crippen LogP contribution in [0.4, 0.5) is 5.69 Å². The maximum Gasteiger partial charge on any atom is 0.226 e. The monoisotopic (exact) mass is 254 g/mol. The number of amides is 1. The summed E-state index contributed by atoms with van der Waals surface area (Å²) in [6, 6.07) is 1.90. The Balaban J connectivity index is 1.59. The lowest BCUT2D eigenvalue weighted by atomic mass is 10.1. The second-order valence-electron chi connectivity index (χ2n) is 4.13. The Hall–Kier alpha value is -0.910. The van der Waals surface area contributed by atoms with E-state index in [1.807, 2.05) is 16.8 Å². The van der Waals surface area contributed by atoms with Crippen LogP contribution in [0.5, 0.6) is 0 Å². The molecule has 2 heterocycles. The molecule has 2 N–H and O–H groups in total. The number of anilines is 1. The first-order chi connectivity index (χ1) is 8.34. The SMILES string of the molecule is O=C(CCOC1CCNCC1)Nc1ccsc1. The van der Waals surface area contributed by atoms with Crippen LogP contribution in [-0.2, 0) is 9.53 Å². The smallest absolute Gasteiger partial charge is 0.226 e. The molecule has 5 heteroatoms. The van der Waals surface area contributed by atoms with Crippen molar-refractivity contribution in [3.8, 4) is 0 Å². The lowest BCUT2D eigenvalue weighted by Gasteiger charge is -2.22. The normalized spacial score (nSPS) is 16.9. The van der Waals surface area contributed by atoms with Crippen LogP contribution in [0.25, 0.3) is 0 Å². The summed E-state index contributed by atoms with van der Waals surface area (Å²) in [4.78, 5) is 11.6. The molecule has 1 aliphatic rings. The number of ether oxygens (including phenoxy) is 1. The lowest BCUT2D eigenvalue weighted by Crippen LogP contribution is -2.33. The highest BCUT2D eigenvalue weighted by Gasteiger charge is 2.13. The Morgan fingerprint density at radius 3 is 3.06 bits per heavy atom.